The van der Waals surface area contributed by atoms with E-state index in [4.69, 9.17) is 4.74 Å². The first-order chi connectivity index (χ1) is 9.22. The number of ether oxygens (including phenoxy) is 1. The summed E-state index contributed by atoms with van der Waals surface area (Å²) in [6, 6.07) is 11.0. The third-order valence-electron chi connectivity index (χ3n) is 2.66. The molecule has 0 aliphatic carbocycles. The Bertz CT molecular complexity index is 537. The quantitative estimate of drug-likeness (QED) is 0.918. The van der Waals surface area contributed by atoms with Crippen LogP contribution in [0.5, 0.6) is 5.75 Å². The molecular weight excluding hydrogens is 242 g/mol. The molecular formula is C14H17N3O2. The van der Waals surface area contributed by atoms with E-state index in [9.17, 15) is 4.79 Å². The van der Waals surface area contributed by atoms with Gasteiger partial charge < -0.3 is 10.1 Å². The summed E-state index contributed by atoms with van der Waals surface area (Å²) in [5.41, 5.74) is 0.717. The van der Waals surface area contributed by atoms with Gasteiger partial charge in [-0.05, 0) is 32.0 Å². The molecule has 1 aromatic heterocycles. The van der Waals surface area contributed by atoms with Crippen molar-refractivity contribution in [2.24, 2.45) is 0 Å². The Morgan fingerprint density at radius 1 is 1.37 bits per heavy atom. The number of rotatable bonds is 4. The standard InChI is InChI=1S/C14H17N3O2/c1-3-15-14(18)17-13(9-10-16-17)11(2)19-12-7-5-4-6-8-12/h4-11H,3H2,1-2H3,(H,15,18). The van der Waals surface area contributed by atoms with E-state index in [1.165, 1.54) is 4.68 Å². The molecule has 2 rings (SSSR count). The van der Waals surface area contributed by atoms with E-state index in [2.05, 4.69) is 10.4 Å². The number of carbonyl (C=O) groups excluding carboxylic acids is 1. The molecule has 0 saturated carbocycles. The van der Waals surface area contributed by atoms with Crippen LogP contribution in [0, 0.1) is 0 Å². The molecule has 0 aliphatic rings. The predicted molar refractivity (Wildman–Crippen MR) is 72.2 cm³/mol. The average molecular weight is 259 g/mol. The lowest BCUT2D eigenvalue weighted by atomic mass is 10.2. The van der Waals surface area contributed by atoms with Crippen LogP contribution >= 0.6 is 0 Å². The summed E-state index contributed by atoms with van der Waals surface area (Å²) in [6.45, 7) is 4.32. The second-order valence-corrected chi connectivity index (χ2v) is 4.08. The molecule has 1 atom stereocenters. The summed E-state index contributed by atoms with van der Waals surface area (Å²) >= 11 is 0. The lowest BCUT2D eigenvalue weighted by Gasteiger charge is -2.15. The molecule has 1 N–H and O–H groups in total. The van der Waals surface area contributed by atoms with E-state index in [1.54, 1.807) is 12.3 Å². The monoisotopic (exact) mass is 259 g/mol. The molecule has 0 fully saturated rings. The maximum Gasteiger partial charge on any atom is 0.342 e. The molecule has 5 nitrogen and oxygen atoms in total. The minimum Gasteiger partial charge on any atom is -0.484 e. The summed E-state index contributed by atoms with van der Waals surface area (Å²) < 4.78 is 7.12. The molecule has 0 bridgehead atoms. The van der Waals surface area contributed by atoms with Crippen LogP contribution in [0.15, 0.2) is 42.6 Å². The van der Waals surface area contributed by atoms with Crippen LogP contribution in [-0.2, 0) is 0 Å². The zero-order valence-electron chi connectivity index (χ0n) is 11.0. The van der Waals surface area contributed by atoms with Crippen molar-refractivity contribution in [3.05, 3.63) is 48.3 Å². The highest BCUT2D eigenvalue weighted by Gasteiger charge is 2.16. The number of aromatic nitrogens is 2. The van der Waals surface area contributed by atoms with E-state index >= 15 is 0 Å². The molecule has 1 amide bonds. The van der Waals surface area contributed by atoms with Crippen LogP contribution in [0.2, 0.25) is 0 Å². The number of carbonyl (C=O) groups is 1. The van der Waals surface area contributed by atoms with Gasteiger partial charge in [-0.25, -0.2) is 4.79 Å². The highest BCUT2D eigenvalue weighted by Crippen LogP contribution is 2.20. The van der Waals surface area contributed by atoms with Gasteiger partial charge in [-0.2, -0.15) is 9.78 Å². The first-order valence-electron chi connectivity index (χ1n) is 6.26. The Labute approximate surface area is 112 Å². The van der Waals surface area contributed by atoms with Crippen LogP contribution in [0.4, 0.5) is 4.79 Å². The van der Waals surface area contributed by atoms with Crippen LogP contribution in [0.3, 0.4) is 0 Å². The van der Waals surface area contributed by atoms with Crippen LogP contribution in [0.25, 0.3) is 0 Å². The van der Waals surface area contributed by atoms with Gasteiger partial charge in [0.25, 0.3) is 0 Å². The minimum absolute atomic E-state index is 0.244. The van der Waals surface area contributed by atoms with Gasteiger partial charge in [0.1, 0.15) is 11.9 Å². The number of nitrogens with zero attached hydrogens (tertiary/aromatic N) is 2. The van der Waals surface area contributed by atoms with Crippen molar-refractivity contribution in [3.63, 3.8) is 0 Å². The molecule has 1 unspecified atom stereocenters. The number of para-hydroxylation sites is 1. The first-order valence-corrected chi connectivity index (χ1v) is 6.26. The van der Waals surface area contributed by atoms with Crippen LogP contribution in [-0.4, -0.2) is 22.4 Å². The topological polar surface area (TPSA) is 56.2 Å². The fraction of sp³-hybridized carbons (Fsp3) is 0.286. The van der Waals surface area contributed by atoms with Crippen molar-refractivity contribution in [2.45, 2.75) is 20.0 Å². The van der Waals surface area contributed by atoms with Crippen molar-refractivity contribution in [1.29, 1.82) is 0 Å². The van der Waals surface area contributed by atoms with Gasteiger partial charge in [-0.3, -0.25) is 0 Å². The van der Waals surface area contributed by atoms with Crippen molar-refractivity contribution >= 4 is 6.03 Å². The fourth-order valence-electron chi connectivity index (χ4n) is 1.78. The van der Waals surface area contributed by atoms with E-state index in [-0.39, 0.29) is 12.1 Å². The van der Waals surface area contributed by atoms with E-state index in [0.717, 1.165) is 11.4 Å². The van der Waals surface area contributed by atoms with Crippen molar-refractivity contribution in [3.8, 4) is 5.75 Å². The van der Waals surface area contributed by atoms with E-state index < -0.39 is 0 Å². The van der Waals surface area contributed by atoms with E-state index in [0.29, 0.717) is 6.54 Å². The zero-order chi connectivity index (χ0) is 13.7. The molecule has 0 spiro atoms. The Hall–Kier alpha value is -2.30. The summed E-state index contributed by atoms with van der Waals surface area (Å²) in [6.07, 6.45) is 1.34. The Balaban J connectivity index is 2.13. The number of amides is 1. The smallest absolute Gasteiger partial charge is 0.342 e. The van der Waals surface area contributed by atoms with Crippen molar-refractivity contribution in [2.75, 3.05) is 6.54 Å². The maximum atomic E-state index is 11.8. The molecule has 1 aromatic carbocycles. The van der Waals surface area contributed by atoms with Gasteiger partial charge in [0.2, 0.25) is 0 Å². The predicted octanol–water partition coefficient (Wildman–Crippen LogP) is 2.60. The number of hydrogen-bond acceptors (Lipinski definition) is 3. The highest BCUT2D eigenvalue weighted by molar-refractivity contribution is 5.76. The van der Waals surface area contributed by atoms with Crippen molar-refractivity contribution < 1.29 is 9.53 Å². The largest absolute Gasteiger partial charge is 0.484 e. The lowest BCUT2D eigenvalue weighted by molar-refractivity contribution is 0.209. The third-order valence-corrected chi connectivity index (χ3v) is 2.66. The SMILES string of the molecule is CCNC(=O)n1nccc1C(C)Oc1ccccc1. The highest BCUT2D eigenvalue weighted by atomic mass is 16.5. The van der Waals surface area contributed by atoms with Gasteiger partial charge in [0.05, 0.1) is 5.69 Å². The second kappa shape index (κ2) is 6.04. The first kappa shape index (κ1) is 13.1. The average Bonchev–Trinajstić information content (AvgIpc) is 2.89. The maximum absolute atomic E-state index is 11.8. The Morgan fingerprint density at radius 2 is 2.11 bits per heavy atom. The van der Waals surface area contributed by atoms with Gasteiger partial charge in [0, 0.05) is 12.7 Å². The number of nitrogens with one attached hydrogen (secondary N) is 1. The molecule has 100 valence electrons. The molecule has 5 heteroatoms. The molecule has 19 heavy (non-hydrogen) atoms. The molecule has 0 aliphatic heterocycles. The Morgan fingerprint density at radius 3 is 2.79 bits per heavy atom. The second-order valence-electron chi connectivity index (χ2n) is 4.08. The summed E-state index contributed by atoms with van der Waals surface area (Å²) in [4.78, 5) is 11.8. The molecule has 1 heterocycles. The van der Waals surface area contributed by atoms with Gasteiger partial charge in [-0.15, -0.1) is 0 Å². The van der Waals surface area contributed by atoms with Gasteiger partial charge in [-0.1, -0.05) is 18.2 Å². The normalized spacial score (nSPS) is 11.9. The molecule has 0 radical (unpaired) electrons. The van der Waals surface area contributed by atoms with E-state index in [1.807, 2.05) is 44.2 Å². The van der Waals surface area contributed by atoms with Gasteiger partial charge >= 0.3 is 6.03 Å². The molecule has 0 saturated heterocycles. The summed E-state index contributed by atoms with van der Waals surface area (Å²) in [7, 11) is 0. The Kier molecular flexibility index (Phi) is 4.18. The fourth-order valence-corrected chi connectivity index (χ4v) is 1.78. The lowest BCUT2D eigenvalue weighted by Crippen LogP contribution is -2.31. The van der Waals surface area contributed by atoms with Crippen LogP contribution in [0.1, 0.15) is 25.6 Å². The minimum atomic E-state index is -0.257. The zero-order valence-corrected chi connectivity index (χ0v) is 11.0. The molecule has 2 aromatic rings. The van der Waals surface area contributed by atoms with Gasteiger partial charge in [0.15, 0.2) is 0 Å². The summed E-state index contributed by atoms with van der Waals surface area (Å²) in [5, 5.41) is 6.74. The van der Waals surface area contributed by atoms with Crippen molar-refractivity contribution in [1.82, 2.24) is 15.1 Å². The number of hydrogen-bond donors (Lipinski definition) is 1. The number of benzene rings is 1. The van der Waals surface area contributed by atoms with Crippen LogP contribution < -0.4 is 10.1 Å². The third kappa shape index (κ3) is 3.13. The summed E-state index contributed by atoms with van der Waals surface area (Å²) in [5.74, 6) is 0.763.